The Balaban J connectivity index is 1.49. The normalized spacial score (nSPS) is 13.2. The van der Waals surface area contributed by atoms with Crippen molar-refractivity contribution in [2.45, 2.75) is 30.3 Å². The van der Waals surface area contributed by atoms with Crippen molar-refractivity contribution in [2.75, 3.05) is 28.6 Å². The molecule has 1 fully saturated rings. The van der Waals surface area contributed by atoms with Gasteiger partial charge in [-0.1, -0.05) is 6.07 Å². The quantitative estimate of drug-likeness (QED) is 0.284. The molecule has 3 aromatic rings. The smallest absolute Gasteiger partial charge is 0.274 e. The molecule has 174 valence electrons. The van der Waals surface area contributed by atoms with E-state index in [2.05, 4.69) is 25.5 Å². The van der Waals surface area contributed by atoms with Gasteiger partial charge in [0.15, 0.2) is 5.16 Å². The number of nitrogens with one attached hydrogen (secondary N) is 3. The summed E-state index contributed by atoms with van der Waals surface area (Å²) in [6.45, 7) is 5.42. The molecule has 1 amide bonds. The Morgan fingerprint density at radius 3 is 2.59 bits per heavy atom. The lowest BCUT2D eigenvalue weighted by Crippen LogP contribution is -2.37. The number of hydrogen-bond acceptors (Lipinski definition) is 9. The molecule has 34 heavy (non-hydrogen) atoms. The summed E-state index contributed by atoms with van der Waals surface area (Å²) in [6, 6.07) is 13.0. The average molecular weight is 475 g/mol. The molecule has 0 saturated carbocycles. The monoisotopic (exact) mass is 474 g/mol. The fourth-order valence-corrected chi connectivity index (χ4v) is 4.04. The van der Waals surface area contributed by atoms with E-state index in [1.807, 2.05) is 43.3 Å². The molecule has 1 aromatic carbocycles. The average Bonchev–Trinajstić information content (AvgIpc) is 2.73. The summed E-state index contributed by atoms with van der Waals surface area (Å²) in [7, 11) is 0. The highest BCUT2D eigenvalue weighted by molar-refractivity contribution is 7.99. The van der Waals surface area contributed by atoms with Crippen LogP contribution in [0.15, 0.2) is 70.6 Å². The molecule has 1 saturated heterocycles. The molecule has 0 unspecified atom stereocenters. The molecular weight excluding hydrogens is 448 g/mol. The zero-order chi connectivity index (χ0) is 24.1. The fourth-order valence-electron chi connectivity index (χ4n) is 3.27. The van der Waals surface area contributed by atoms with Crippen molar-refractivity contribution in [3.8, 4) is 0 Å². The van der Waals surface area contributed by atoms with Gasteiger partial charge >= 0.3 is 0 Å². The van der Waals surface area contributed by atoms with E-state index in [1.54, 1.807) is 19.2 Å². The first-order valence-electron chi connectivity index (χ1n) is 10.8. The highest BCUT2D eigenvalue weighted by Crippen LogP contribution is 2.30. The number of benzene rings is 1. The Kier molecular flexibility index (Phi) is 7.07. The second-order valence-electron chi connectivity index (χ2n) is 7.89. The molecule has 0 spiro atoms. The number of aromatic nitrogens is 3. The number of aryl methyl sites for hydroxylation is 1. The topological polar surface area (TPSA) is 133 Å². The zero-order valence-corrected chi connectivity index (χ0v) is 19.8. The summed E-state index contributed by atoms with van der Waals surface area (Å²) in [5, 5.41) is 14.1. The maximum absolute atomic E-state index is 12.5. The Hall–Kier alpha value is -3.92. The van der Waals surface area contributed by atoms with E-state index in [4.69, 9.17) is 16.1 Å². The summed E-state index contributed by atoms with van der Waals surface area (Å²) in [5.41, 5.74) is 8.23. The van der Waals surface area contributed by atoms with E-state index < -0.39 is 0 Å². The molecule has 5 N–H and O–H groups in total. The number of allylic oxidation sites excluding steroid dienone is 1. The van der Waals surface area contributed by atoms with Crippen LogP contribution in [0.5, 0.6) is 0 Å². The van der Waals surface area contributed by atoms with Crippen molar-refractivity contribution in [3.05, 3.63) is 71.8 Å². The highest BCUT2D eigenvalue weighted by atomic mass is 32.2. The third-order valence-corrected chi connectivity index (χ3v) is 5.94. The minimum absolute atomic E-state index is 0.245. The van der Waals surface area contributed by atoms with Crippen LogP contribution in [0.3, 0.4) is 0 Å². The standard InChI is InChI=1S/C24H26N8OS/c1-15-5-3-10-27-22(15)23(33)28-17-6-8-18(9-7-17)34-24-30-20(29-19(26)13-16(2)25)14-21(31-24)32-11-4-12-32/h3,5-10,13-14,25H,4,11-12,26H2,1-2H3,(H,28,33)(H,29,30,31)/b19-13+,25-16?. The second-order valence-corrected chi connectivity index (χ2v) is 8.93. The van der Waals surface area contributed by atoms with Crippen LogP contribution in [0, 0.1) is 12.3 Å². The van der Waals surface area contributed by atoms with Gasteiger partial charge < -0.3 is 26.7 Å². The number of hydrogen-bond donors (Lipinski definition) is 4. The molecule has 0 atom stereocenters. The van der Waals surface area contributed by atoms with Crippen LogP contribution in [0.2, 0.25) is 0 Å². The van der Waals surface area contributed by atoms with Crippen LogP contribution in [-0.2, 0) is 0 Å². The summed E-state index contributed by atoms with van der Waals surface area (Å²) < 4.78 is 0. The predicted octanol–water partition coefficient (Wildman–Crippen LogP) is 4.05. The van der Waals surface area contributed by atoms with Crippen molar-refractivity contribution in [1.82, 2.24) is 15.0 Å². The van der Waals surface area contributed by atoms with Crippen LogP contribution in [0.25, 0.3) is 0 Å². The summed E-state index contributed by atoms with van der Waals surface area (Å²) >= 11 is 1.42. The van der Waals surface area contributed by atoms with Crippen LogP contribution in [-0.4, -0.2) is 39.7 Å². The number of carbonyl (C=O) groups excluding carboxylic acids is 1. The number of carbonyl (C=O) groups is 1. The van der Waals surface area contributed by atoms with Gasteiger partial charge in [-0.05, 0) is 74.0 Å². The second kappa shape index (κ2) is 10.3. The molecule has 10 heteroatoms. The minimum Gasteiger partial charge on any atom is -0.385 e. The molecular formula is C24H26N8OS. The van der Waals surface area contributed by atoms with E-state index >= 15 is 0 Å². The minimum atomic E-state index is -0.245. The van der Waals surface area contributed by atoms with Gasteiger partial charge in [0.2, 0.25) is 0 Å². The van der Waals surface area contributed by atoms with Crippen molar-refractivity contribution in [2.24, 2.45) is 5.73 Å². The van der Waals surface area contributed by atoms with Gasteiger partial charge in [0.1, 0.15) is 23.2 Å². The molecule has 1 aliphatic heterocycles. The largest absolute Gasteiger partial charge is 0.385 e. The molecule has 0 aliphatic carbocycles. The molecule has 1 aliphatic rings. The predicted molar refractivity (Wildman–Crippen MR) is 136 cm³/mol. The number of nitrogens with two attached hydrogens (primary N) is 1. The number of pyridine rings is 1. The van der Waals surface area contributed by atoms with Crippen molar-refractivity contribution in [1.29, 1.82) is 5.41 Å². The molecule has 4 rings (SSSR count). The van der Waals surface area contributed by atoms with Crippen LogP contribution in [0.4, 0.5) is 17.3 Å². The van der Waals surface area contributed by atoms with Crippen LogP contribution >= 0.6 is 11.8 Å². The van der Waals surface area contributed by atoms with Gasteiger partial charge in [-0.3, -0.25) is 9.78 Å². The lowest BCUT2D eigenvalue weighted by Gasteiger charge is -2.32. The van der Waals surface area contributed by atoms with Gasteiger partial charge in [-0.25, -0.2) is 9.97 Å². The number of rotatable bonds is 8. The Morgan fingerprint density at radius 2 is 1.94 bits per heavy atom. The van der Waals surface area contributed by atoms with Gasteiger partial charge in [0.05, 0.1) is 0 Å². The van der Waals surface area contributed by atoms with E-state index in [1.165, 1.54) is 17.8 Å². The maximum Gasteiger partial charge on any atom is 0.274 e. The Bertz CT molecular complexity index is 1240. The number of amides is 1. The number of anilines is 3. The SMILES string of the molecule is CC(=N)/C=C(\N)Nc1cc(N2CCC2)nc(Sc2ccc(NC(=O)c3ncccc3C)cc2)n1. The maximum atomic E-state index is 12.5. The van der Waals surface area contributed by atoms with Gasteiger partial charge in [0, 0.05) is 41.6 Å². The van der Waals surface area contributed by atoms with E-state index in [0.717, 1.165) is 35.8 Å². The van der Waals surface area contributed by atoms with Crippen molar-refractivity contribution < 1.29 is 4.79 Å². The molecule has 9 nitrogen and oxygen atoms in total. The van der Waals surface area contributed by atoms with Gasteiger partial charge in [-0.2, -0.15) is 0 Å². The molecule has 3 heterocycles. The highest BCUT2D eigenvalue weighted by Gasteiger charge is 2.18. The molecule has 0 radical (unpaired) electrons. The van der Waals surface area contributed by atoms with E-state index in [0.29, 0.717) is 33.9 Å². The summed E-state index contributed by atoms with van der Waals surface area (Å²) in [6.07, 6.45) is 4.28. The molecule has 0 bridgehead atoms. The first kappa shape index (κ1) is 23.2. The lowest BCUT2D eigenvalue weighted by molar-refractivity contribution is 0.102. The fraction of sp³-hybridized carbons (Fsp3) is 0.208. The first-order valence-corrected chi connectivity index (χ1v) is 11.6. The van der Waals surface area contributed by atoms with Crippen molar-refractivity contribution in [3.63, 3.8) is 0 Å². The van der Waals surface area contributed by atoms with E-state index in [9.17, 15) is 4.79 Å². The Labute approximate surface area is 202 Å². The van der Waals surface area contributed by atoms with Gasteiger partial charge in [0.25, 0.3) is 5.91 Å². The van der Waals surface area contributed by atoms with Gasteiger partial charge in [-0.15, -0.1) is 0 Å². The third kappa shape index (κ3) is 5.90. The summed E-state index contributed by atoms with van der Waals surface area (Å²) in [5.74, 6) is 1.51. The lowest BCUT2D eigenvalue weighted by atomic mass is 10.2. The zero-order valence-electron chi connectivity index (χ0n) is 19.0. The van der Waals surface area contributed by atoms with E-state index in [-0.39, 0.29) is 5.91 Å². The van der Waals surface area contributed by atoms with Crippen LogP contribution < -0.4 is 21.3 Å². The van der Waals surface area contributed by atoms with Crippen LogP contribution in [0.1, 0.15) is 29.4 Å². The summed E-state index contributed by atoms with van der Waals surface area (Å²) in [4.78, 5) is 29.0. The Morgan fingerprint density at radius 1 is 1.18 bits per heavy atom. The van der Waals surface area contributed by atoms with Crippen molar-refractivity contribution >= 4 is 40.7 Å². The third-order valence-electron chi connectivity index (χ3n) is 5.06. The first-order chi connectivity index (χ1) is 16.4. The molecule has 2 aromatic heterocycles. The number of nitrogens with zero attached hydrogens (tertiary/aromatic N) is 4.